The molecule has 12 heteroatoms. The average Bonchev–Trinajstić information content (AvgIpc) is 2.66. The molecule has 2 aromatic rings. The van der Waals surface area contributed by atoms with E-state index in [0.717, 1.165) is 18.2 Å². The van der Waals surface area contributed by atoms with E-state index in [-0.39, 0.29) is 18.0 Å². The number of alkyl halides is 3. The molecule has 0 saturated carbocycles. The van der Waals surface area contributed by atoms with E-state index in [9.17, 15) is 26.4 Å². The molecule has 0 saturated heterocycles. The standard InChI is InChI=1S/C18H18F3NO7S/c1-4-28-17(23)13-10-12(6-8-14(13)29-18(19,20)21)30(24,25)22-11-5-7-15(26-2)16(9-11)27-3/h5-10,22H,4H2,1-3H3. The number of esters is 1. The Morgan fingerprint density at radius 1 is 1.00 bits per heavy atom. The molecular formula is C18H18F3NO7S. The summed E-state index contributed by atoms with van der Waals surface area (Å²) >= 11 is 0. The SMILES string of the molecule is CCOC(=O)c1cc(S(=O)(=O)Nc2ccc(OC)c(OC)c2)ccc1OC(F)(F)F. The van der Waals surface area contributed by atoms with Crippen LogP contribution < -0.4 is 18.9 Å². The summed E-state index contributed by atoms with van der Waals surface area (Å²) < 4.78 is 84.1. The molecule has 0 aliphatic carbocycles. The van der Waals surface area contributed by atoms with Crippen LogP contribution in [0.3, 0.4) is 0 Å². The van der Waals surface area contributed by atoms with Crippen LogP contribution >= 0.6 is 0 Å². The summed E-state index contributed by atoms with van der Waals surface area (Å²) in [6.45, 7) is 1.31. The van der Waals surface area contributed by atoms with Gasteiger partial charge in [-0.05, 0) is 37.3 Å². The monoisotopic (exact) mass is 449 g/mol. The number of hydrogen-bond acceptors (Lipinski definition) is 7. The molecule has 8 nitrogen and oxygen atoms in total. The summed E-state index contributed by atoms with van der Waals surface area (Å²) in [6.07, 6.45) is -5.08. The van der Waals surface area contributed by atoms with Crippen LogP contribution in [0, 0.1) is 0 Å². The lowest BCUT2D eigenvalue weighted by Crippen LogP contribution is -2.20. The fraction of sp³-hybridized carbons (Fsp3) is 0.278. The van der Waals surface area contributed by atoms with Gasteiger partial charge in [0.2, 0.25) is 0 Å². The average molecular weight is 449 g/mol. The number of carbonyl (C=O) groups is 1. The zero-order chi connectivity index (χ0) is 22.5. The van der Waals surface area contributed by atoms with E-state index in [4.69, 9.17) is 14.2 Å². The van der Waals surface area contributed by atoms with Gasteiger partial charge in [-0.3, -0.25) is 4.72 Å². The predicted molar refractivity (Wildman–Crippen MR) is 99.4 cm³/mol. The molecule has 2 aromatic carbocycles. The minimum Gasteiger partial charge on any atom is -0.493 e. The van der Waals surface area contributed by atoms with Gasteiger partial charge in [0.15, 0.2) is 11.5 Å². The van der Waals surface area contributed by atoms with Gasteiger partial charge < -0.3 is 18.9 Å². The van der Waals surface area contributed by atoms with Gasteiger partial charge in [0, 0.05) is 6.07 Å². The molecule has 0 radical (unpaired) electrons. The lowest BCUT2D eigenvalue weighted by atomic mass is 10.2. The van der Waals surface area contributed by atoms with Gasteiger partial charge in [0.25, 0.3) is 10.0 Å². The number of halogens is 3. The molecule has 0 atom stereocenters. The molecule has 0 aliphatic heterocycles. The van der Waals surface area contributed by atoms with Crippen molar-refractivity contribution in [2.45, 2.75) is 18.2 Å². The molecule has 0 bridgehead atoms. The van der Waals surface area contributed by atoms with Crippen molar-refractivity contribution in [1.29, 1.82) is 0 Å². The van der Waals surface area contributed by atoms with Crippen LogP contribution in [0.15, 0.2) is 41.3 Å². The van der Waals surface area contributed by atoms with Gasteiger partial charge >= 0.3 is 12.3 Å². The van der Waals surface area contributed by atoms with Gasteiger partial charge in [-0.25, -0.2) is 13.2 Å². The molecule has 1 N–H and O–H groups in total. The predicted octanol–water partition coefficient (Wildman–Crippen LogP) is 3.58. The maximum Gasteiger partial charge on any atom is 0.573 e. The number of carbonyl (C=O) groups excluding carboxylic acids is 1. The number of ether oxygens (including phenoxy) is 4. The molecule has 0 aliphatic rings. The van der Waals surface area contributed by atoms with Crippen LogP contribution in [0.25, 0.3) is 0 Å². The number of methoxy groups -OCH3 is 2. The number of anilines is 1. The molecule has 30 heavy (non-hydrogen) atoms. The summed E-state index contributed by atoms with van der Waals surface area (Å²) in [5.74, 6) is -1.44. The van der Waals surface area contributed by atoms with E-state index >= 15 is 0 Å². The van der Waals surface area contributed by atoms with Crippen LogP contribution in [-0.4, -0.2) is 41.6 Å². The van der Waals surface area contributed by atoms with E-state index in [1.165, 1.54) is 39.3 Å². The summed E-state index contributed by atoms with van der Waals surface area (Å²) in [6, 6.07) is 6.54. The van der Waals surface area contributed by atoms with Crippen LogP contribution in [0.4, 0.5) is 18.9 Å². The van der Waals surface area contributed by atoms with Crippen molar-refractivity contribution in [3.05, 3.63) is 42.0 Å². The second-order valence-corrected chi connectivity index (χ2v) is 7.28. The fourth-order valence-electron chi connectivity index (χ4n) is 2.37. The lowest BCUT2D eigenvalue weighted by molar-refractivity contribution is -0.274. The van der Waals surface area contributed by atoms with Gasteiger partial charge in [0.05, 0.1) is 31.4 Å². The molecule has 0 spiro atoms. The van der Waals surface area contributed by atoms with Crippen molar-refractivity contribution in [1.82, 2.24) is 0 Å². The van der Waals surface area contributed by atoms with E-state index in [1.807, 2.05) is 0 Å². The molecular weight excluding hydrogens is 431 g/mol. The molecule has 0 fully saturated rings. The number of hydrogen-bond donors (Lipinski definition) is 1. The molecule has 0 heterocycles. The van der Waals surface area contributed by atoms with Gasteiger partial charge in [-0.1, -0.05) is 0 Å². The van der Waals surface area contributed by atoms with Gasteiger partial charge in [0.1, 0.15) is 11.3 Å². The van der Waals surface area contributed by atoms with Gasteiger partial charge in [-0.2, -0.15) is 0 Å². The topological polar surface area (TPSA) is 100 Å². The molecule has 0 amide bonds. The Morgan fingerprint density at radius 2 is 1.63 bits per heavy atom. The highest BCUT2D eigenvalue weighted by atomic mass is 32.2. The maximum absolute atomic E-state index is 12.7. The number of benzene rings is 2. The van der Waals surface area contributed by atoms with Gasteiger partial charge in [-0.15, -0.1) is 13.2 Å². The molecule has 0 unspecified atom stereocenters. The summed E-state index contributed by atoms with van der Waals surface area (Å²) in [5, 5.41) is 0. The highest BCUT2D eigenvalue weighted by Crippen LogP contribution is 2.32. The zero-order valence-electron chi connectivity index (χ0n) is 16.1. The summed E-state index contributed by atoms with van der Waals surface area (Å²) in [5.41, 5.74) is -0.592. The minimum atomic E-state index is -5.08. The van der Waals surface area contributed by atoms with E-state index in [0.29, 0.717) is 5.75 Å². The van der Waals surface area contributed by atoms with Crippen LogP contribution in [-0.2, 0) is 14.8 Å². The van der Waals surface area contributed by atoms with Crippen molar-refractivity contribution in [3.8, 4) is 17.2 Å². The highest BCUT2D eigenvalue weighted by Gasteiger charge is 2.34. The molecule has 0 aromatic heterocycles. The van der Waals surface area contributed by atoms with E-state index in [1.54, 1.807) is 0 Å². The zero-order valence-corrected chi connectivity index (χ0v) is 16.9. The lowest BCUT2D eigenvalue weighted by Gasteiger charge is -2.15. The smallest absolute Gasteiger partial charge is 0.493 e. The van der Waals surface area contributed by atoms with Crippen molar-refractivity contribution in [2.24, 2.45) is 0 Å². The normalized spacial score (nSPS) is 11.5. The van der Waals surface area contributed by atoms with E-state index in [2.05, 4.69) is 9.46 Å². The fourth-order valence-corrected chi connectivity index (χ4v) is 3.45. The Kier molecular flexibility index (Phi) is 7.03. The Balaban J connectivity index is 2.43. The summed E-state index contributed by atoms with van der Waals surface area (Å²) in [7, 11) is -1.51. The van der Waals surface area contributed by atoms with Crippen LogP contribution in [0.1, 0.15) is 17.3 Å². The Labute approximate surface area is 170 Å². The molecule has 2 rings (SSSR count). The summed E-state index contributed by atoms with van der Waals surface area (Å²) in [4.78, 5) is 11.6. The van der Waals surface area contributed by atoms with Crippen molar-refractivity contribution < 1.29 is 45.3 Å². The van der Waals surface area contributed by atoms with Crippen LogP contribution in [0.5, 0.6) is 17.2 Å². The third-order valence-corrected chi connectivity index (χ3v) is 5.00. The first-order valence-electron chi connectivity index (χ1n) is 8.32. The number of nitrogens with one attached hydrogen (secondary N) is 1. The second-order valence-electron chi connectivity index (χ2n) is 5.60. The van der Waals surface area contributed by atoms with Crippen molar-refractivity contribution in [2.75, 3.05) is 25.5 Å². The third-order valence-electron chi connectivity index (χ3n) is 3.62. The first-order valence-corrected chi connectivity index (χ1v) is 9.80. The van der Waals surface area contributed by atoms with Crippen molar-refractivity contribution >= 4 is 21.7 Å². The Morgan fingerprint density at radius 3 is 2.20 bits per heavy atom. The third kappa shape index (κ3) is 5.69. The van der Waals surface area contributed by atoms with E-state index < -0.39 is 38.6 Å². The minimum absolute atomic E-state index is 0.0981. The molecule has 164 valence electrons. The largest absolute Gasteiger partial charge is 0.573 e. The number of sulfonamides is 1. The first kappa shape index (κ1) is 23.1. The second kappa shape index (κ2) is 9.11. The Hall–Kier alpha value is -3.15. The van der Waals surface area contributed by atoms with Crippen molar-refractivity contribution in [3.63, 3.8) is 0 Å². The first-order chi connectivity index (χ1) is 14.0. The number of rotatable bonds is 8. The quantitative estimate of drug-likeness (QED) is 0.615. The highest BCUT2D eigenvalue weighted by molar-refractivity contribution is 7.92. The Bertz CT molecular complexity index is 1020. The van der Waals surface area contributed by atoms with Crippen LogP contribution in [0.2, 0.25) is 0 Å². The maximum atomic E-state index is 12.7.